The van der Waals surface area contributed by atoms with Gasteiger partial charge in [0.25, 0.3) is 0 Å². The van der Waals surface area contributed by atoms with Gasteiger partial charge < -0.3 is 15.2 Å². The maximum absolute atomic E-state index is 6.31. The number of aromatic nitrogens is 1. The molecule has 0 aliphatic rings. The Morgan fingerprint density at radius 3 is 2.42 bits per heavy atom. The first-order valence-electron chi connectivity index (χ1n) is 6.94. The van der Waals surface area contributed by atoms with E-state index >= 15 is 0 Å². The molecule has 1 aromatic heterocycles. The number of ether oxygens (including phenoxy) is 2. The van der Waals surface area contributed by atoms with Gasteiger partial charge in [-0.25, -0.2) is 0 Å². The predicted octanol–water partition coefficient (Wildman–Crippen LogP) is 2.93. The lowest BCUT2D eigenvalue weighted by molar-refractivity contribution is 0.0120. The highest BCUT2D eigenvalue weighted by molar-refractivity contribution is 5.26. The second kappa shape index (κ2) is 7.46. The smallest absolute Gasteiger partial charge is 0.138 e. The van der Waals surface area contributed by atoms with E-state index in [1.807, 2.05) is 26.8 Å². The van der Waals surface area contributed by atoms with Crippen molar-refractivity contribution in [1.82, 2.24) is 4.98 Å². The van der Waals surface area contributed by atoms with Crippen LogP contribution in [0.15, 0.2) is 18.5 Å². The third-order valence-corrected chi connectivity index (χ3v) is 2.86. The molecule has 0 aliphatic carbocycles. The zero-order valence-corrected chi connectivity index (χ0v) is 12.6. The predicted molar refractivity (Wildman–Crippen MR) is 77.2 cm³/mol. The first-order valence-corrected chi connectivity index (χ1v) is 6.94. The van der Waals surface area contributed by atoms with Crippen molar-refractivity contribution in [1.29, 1.82) is 0 Å². The minimum absolute atomic E-state index is 0.0129. The van der Waals surface area contributed by atoms with Gasteiger partial charge in [-0.15, -0.1) is 0 Å². The molecule has 1 aromatic rings. The molecule has 0 fully saturated rings. The quantitative estimate of drug-likeness (QED) is 0.824. The van der Waals surface area contributed by atoms with Crippen molar-refractivity contribution in [3.8, 4) is 5.75 Å². The van der Waals surface area contributed by atoms with Crippen molar-refractivity contribution < 1.29 is 9.47 Å². The van der Waals surface area contributed by atoms with Crippen LogP contribution < -0.4 is 10.5 Å². The van der Waals surface area contributed by atoms with E-state index in [1.165, 1.54) is 0 Å². The first-order chi connectivity index (χ1) is 8.95. The maximum Gasteiger partial charge on any atom is 0.138 e. The molecule has 0 radical (unpaired) electrons. The fourth-order valence-electron chi connectivity index (χ4n) is 2.05. The van der Waals surface area contributed by atoms with Gasteiger partial charge in [0.15, 0.2) is 0 Å². The highest BCUT2D eigenvalue weighted by Gasteiger charge is 2.23. The molecule has 4 nitrogen and oxygen atoms in total. The number of pyridine rings is 1. The van der Waals surface area contributed by atoms with Gasteiger partial charge in [-0.2, -0.15) is 0 Å². The van der Waals surface area contributed by atoms with E-state index in [0.29, 0.717) is 12.5 Å². The summed E-state index contributed by atoms with van der Waals surface area (Å²) >= 11 is 0. The number of nitrogens with zero attached hydrogens (tertiary/aromatic N) is 1. The molecule has 0 aliphatic heterocycles. The molecule has 0 spiro atoms. The number of hydrogen-bond donors (Lipinski definition) is 1. The van der Waals surface area contributed by atoms with E-state index in [0.717, 1.165) is 11.3 Å². The molecule has 0 amide bonds. The largest absolute Gasteiger partial charge is 0.489 e. The van der Waals surface area contributed by atoms with Gasteiger partial charge in [0, 0.05) is 12.8 Å². The van der Waals surface area contributed by atoms with E-state index in [4.69, 9.17) is 15.2 Å². The summed E-state index contributed by atoms with van der Waals surface area (Å²) in [7, 11) is 0. The second-order valence-electron chi connectivity index (χ2n) is 5.31. The zero-order chi connectivity index (χ0) is 14.4. The van der Waals surface area contributed by atoms with E-state index in [-0.39, 0.29) is 18.2 Å². The summed E-state index contributed by atoms with van der Waals surface area (Å²) in [5.74, 6) is 1.10. The number of nitrogens with two attached hydrogens (primary N) is 1. The van der Waals surface area contributed by atoms with Gasteiger partial charge >= 0.3 is 0 Å². The molecule has 0 saturated heterocycles. The summed E-state index contributed by atoms with van der Waals surface area (Å²) in [6, 6.07) is 1.76. The normalized spacial score (nSPS) is 14.7. The molecular weight excluding hydrogens is 240 g/mol. The Morgan fingerprint density at radius 2 is 1.89 bits per heavy atom. The lowest BCUT2D eigenvalue weighted by atomic mass is 9.95. The summed E-state index contributed by atoms with van der Waals surface area (Å²) in [5, 5.41) is 0. The molecule has 0 bridgehead atoms. The molecule has 19 heavy (non-hydrogen) atoms. The topological polar surface area (TPSA) is 57.4 Å². The summed E-state index contributed by atoms with van der Waals surface area (Å²) in [5.41, 5.74) is 7.25. The van der Waals surface area contributed by atoms with Crippen LogP contribution in [0.5, 0.6) is 5.75 Å². The number of hydrogen-bond acceptors (Lipinski definition) is 4. The average molecular weight is 266 g/mol. The van der Waals surface area contributed by atoms with Crippen LogP contribution in [-0.2, 0) is 4.74 Å². The highest BCUT2D eigenvalue weighted by atomic mass is 16.5. The van der Waals surface area contributed by atoms with Crippen LogP contribution in [-0.4, -0.2) is 23.8 Å². The minimum Gasteiger partial charge on any atom is -0.489 e. The first kappa shape index (κ1) is 15.9. The van der Waals surface area contributed by atoms with Gasteiger partial charge in [0.2, 0.25) is 0 Å². The summed E-state index contributed by atoms with van der Waals surface area (Å²) < 4.78 is 11.4. The molecule has 0 aromatic carbocycles. The van der Waals surface area contributed by atoms with Gasteiger partial charge in [0.1, 0.15) is 5.75 Å². The van der Waals surface area contributed by atoms with Gasteiger partial charge in [-0.3, -0.25) is 4.98 Å². The van der Waals surface area contributed by atoms with Crippen LogP contribution in [0, 0.1) is 5.92 Å². The molecule has 2 N–H and O–H groups in total. The Balaban J connectivity index is 2.88. The van der Waals surface area contributed by atoms with Crippen LogP contribution >= 0.6 is 0 Å². The molecule has 1 heterocycles. The van der Waals surface area contributed by atoms with Crippen LogP contribution in [0.4, 0.5) is 0 Å². The van der Waals surface area contributed by atoms with E-state index in [9.17, 15) is 0 Å². The van der Waals surface area contributed by atoms with Crippen molar-refractivity contribution in [3.05, 3.63) is 24.0 Å². The Labute approximate surface area is 116 Å². The van der Waals surface area contributed by atoms with Crippen LogP contribution in [0.1, 0.15) is 46.2 Å². The van der Waals surface area contributed by atoms with Gasteiger partial charge in [0.05, 0.1) is 24.4 Å². The summed E-state index contributed by atoms with van der Waals surface area (Å²) in [6.07, 6.45) is 3.61. The molecule has 0 saturated carbocycles. The van der Waals surface area contributed by atoms with Crippen molar-refractivity contribution >= 4 is 0 Å². The monoisotopic (exact) mass is 266 g/mol. The van der Waals surface area contributed by atoms with Crippen molar-refractivity contribution in [3.63, 3.8) is 0 Å². The third-order valence-electron chi connectivity index (χ3n) is 2.86. The molecule has 4 heteroatoms. The SMILES string of the molecule is CCOC(C(C)C)C(N)c1cncc(OC(C)C)c1. The van der Waals surface area contributed by atoms with Crippen molar-refractivity contribution in [2.24, 2.45) is 11.7 Å². The van der Waals surface area contributed by atoms with Gasteiger partial charge in [-0.1, -0.05) is 13.8 Å². The van der Waals surface area contributed by atoms with E-state index < -0.39 is 0 Å². The lowest BCUT2D eigenvalue weighted by Crippen LogP contribution is -2.33. The Kier molecular flexibility index (Phi) is 6.25. The van der Waals surface area contributed by atoms with Crippen LogP contribution in [0.25, 0.3) is 0 Å². The second-order valence-corrected chi connectivity index (χ2v) is 5.31. The Bertz CT molecular complexity index is 380. The fraction of sp³-hybridized carbons (Fsp3) is 0.667. The zero-order valence-electron chi connectivity index (χ0n) is 12.6. The van der Waals surface area contributed by atoms with Crippen LogP contribution in [0.2, 0.25) is 0 Å². The summed E-state index contributed by atoms with van der Waals surface area (Å²) in [6.45, 7) is 10.8. The number of rotatable bonds is 7. The maximum atomic E-state index is 6.31. The lowest BCUT2D eigenvalue weighted by Gasteiger charge is -2.27. The Morgan fingerprint density at radius 1 is 1.21 bits per heavy atom. The van der Waals surface area contributed by atoms with Crippen molar-refractivity contribution in [2.45, 2.75) is 52.9 Å². The van der Waals surface area contributed by atoms with Crippen LogP contribution in [0.3, 0.4) is 0 Å². The molecular formula is C15H26N2O2. The Hall–Kier alpha value is -1.13. The van der Waals surface area contributed by atoms with Gasteiger partial charge in [-0.05, 0) is 38.3 Å². The van der Waals surface area contributed by atoms with E-state index in [2.05, 4.69) is 18.8 Å². The summed E-state index contributed by atoms with van der Waals surface area (Å²) in [4.78, 5) is 4.20. The standard InChI is InChI=1S/C15H26N2O2/c1-6-18-15(10(2)3)14(16)12-7-13(9-17-8-12)19-11(4)5/h7-11,14-15H,6,16H2,1-5H3. The van der Waals surface area contributed by atoms with E-state index in [1.54, 1.807) is 12.4 Å². The van der Waals surface area contributed by atoms with Crippen molar-refractivity contribution in [2.75, 3.05) is 6.61 Å². The molecule has 2 atom stereocenters. The third kappa shape index (κ3) is 4.80. The minimum atomic E-state index is -0.192. The highest BCUT2D eigenvalue weighted by Crippen LogP contribution is 2.24. The molecule has 2 unspecified atom stereocenters. The fourth-order valence-corrected chi connectivity index (χ4v) is 2.05. The molecule has 1 rings (SSSR count). The average Bonchev–Trinajstić information content (AvgIpc) is 2.34. The molecule has 108 valence electrons.